The summed E-state index contributed by atoms with van der Waals surface area (Å²) in [7, 11) is 0. The molecule has 3 N–H and O–H groups in total. The fraction of sp³-hybridized carbons (Fsp3) is 0.545. The molecule has 0 amide bonds. The van der Waals surface area contributed by atoms with Gasteiger partial charge in [0, 0.05) is 24.2 Å². The highest BCUT2D eigenvalue weighted by Gasteiger charge is 2.39. The standard InChI is InChI=1S/C11H13ClN2.2ClH.H2O/c12-11-4-1-7(6-13-11)9-5-8-2-3-10(9)14-8;;;/h1,4,6,8-10,14H,2-3,5H2;2*1H;1H2/t8-,9+,10+;;;/m0.../s1. The highest BCUT2D eigenvalue weighted by molar-refractivity contribution is 6.29. The largest absolute Gasteiger partial charge is 0.412 e. The van der Waals surface area contributed by atoms with Crippen LogP contribution in [0.4, 0.5) is 0 Å². The average Bonchev–Trinajstić information content (AvgIpc) is 2.80. The summed E-state index contributed by atoms with van der Waals surface area (Å²) in [5, 5.41) is 4.22. The first kappa shape index (κ1) is 16.9. The Morgan fingerprint density at radius 3 is 2.47 bits per heavy atom. The van der Waals surface area contributed by atoms with Gasteiger partial charge in [0.1, 0.15) is 5.15 Å². The van der Waals surface area contributed by atoms with Crippen molar-refractivity contribution in [3.8, 4) is 0 Å². The van der Waals surface area contributed by atoms with Crippen molar-refractivity contribution in [3.05, 3.63) is 29.0 Å². The second-order valence-electron chi connectivity index (χ2n) is 4.30. The zero-order valence-corrected chi connectivity index (χ0v) is 11.6. The molecule has 1 aromatic rings. The van der Waals surface area contributed by atoms with E-state index in [1.54, 1.807) is 0 Å². The summed E-state index contributed by atoms with van der Waals surface area (Å²) in [4.78, 5) is 4.14. The maximum absolute atomic E-state index is 5.77. The first-order chi connectivity index (χ1) is 6.83. The lowest BCUT2D eigenvalue weighted by Crippen LogP contribution is -2.21. The fourth-order valence-corrected chi connectivity index (χ4v) is 2.91. The normalized spacial score (nSPS) is 28.9. The number of hydrogen-bond donors (Lipinski definition) is 1. The second-order valence-corrected chi connectivity index (χ2v) is 4.69. The van der Waals surface area contributed by atoms with Gasteiger partial charge < -0.3 is 10.8 Å². The van der Waals surface area contributed by atoms with Gasteiger partial charge in [-0.25, -0.2) is 4.98 Å². The number of hydrogen-bond acceptors (Lipinski definition) is 2. The van der Waals surface area contributed by atoms with Crippen molar-refractivity contribution in [3.63, 3.8) is 0 Å². The summed E-state index contributed by atoms with van der Waals surface area (Å²) in [6.07, 6.45) is 5.86. The molecule has 17 heavy (non-hydrogen) atoms. The smallest absolute Gasteiger partial charge is 0.129 e. The van der Waals surface area contributed by atoms with Crippen LogP contribution in [0.2, 0.25) is 5.15 Å². The molecular formula is C11H17Cl3N2O. The van der Waals surface area contributed by atoms with Crippen LogP contribution in [0.1, 0.15) is 30.7 Å². The van der Waals surface area contributed by atoms with Crippen molar-refractivity contribution in [2.45, 2.75) is 37.3 Å². The molecule has 0 spiro atoms. The second kappa shape index (κ2) is 6.76. The molecule has 3 nitrogen and oxygen atoms in total. The van der Waals surface area contributed by atoms with Gasteiger partial charge in [-0.2, -0.15) is 0 Å². The molecule has 3 rings (SSSR count). The van der Waals surface area contributed by atoms with E-state index in [9.17, 15) is 0 Å². The van der Waals surface area contributed by atoms with Gasteiger partial charge in [0.25, 0.3) is 0 Å². The van der Waals surface area contributed by atoms with Crippen LogP contribution in [0.25, 0.3) is 0 Å². The molecule has 3 heterocycles. The van der Waals surface area contributed by atoms with Crippen LogP contribution in [0, 0.1) is 0 Å². The molecule has 2 aliphatic rings. The van der Waals surface area contributed by atoms with Gasteiger partial charge in [-0.1, -0.05) is 17.7 Å². The van der Waals surface area contributed by atoms with Gasteiger partial charge in [-0.3, -0.25) is 0 Å². The first-order valence-electron chi connectivity index (χ1n) is 5.20. The van der Waals surface area contributed by atoms with Crippen LogP contribution in [-0.4, -0.2) is 22.5 Å². The molecule has 0 aliphatic carbocycles. The lowest BCUT2D eigenvalue weighted by Gasteiger charge is -2.19. The molecule has 0 aromatic carbocycles. The summed E-state index contributed by atoms with van der Waals surface area (Å²) >= 11 is 5.77. The van der Waals surface area contributed by atoms with Crippen molar-refractivity contribution in [2.24, 2.45) is 0 Å². The Morgan fingerprint density at radius 1 is 1.24 bits per heavy atom. The molecule has 2 bridgehead atoms. The summed E-state index contributed by atoms with van der Waals surface area (Å²) in [6.45, 7) is 0. The lowest BCUT2D eigenvalue weighted by atomic mass is 9.85. The fourth-order valence-electron chi connectivity index (χ4n) is 2.80. The molecular weight excluding hydrogens is 282 g/mol. The highest BCUT2D eigenvalue weighted by atomic mass is 35.5. The quantitative estimate of drug-likeness (QED) is 0.809. The van der Waals surface area contributed by atoms with Crippen LogP contribution in [0.3, 0.4) is 0 Å². The number of halogens is 3. The van der Waals surface area contributed by atoms with E-state index < -0.39 is 0 Å². The first-order valence-corrected chi connectivity index (χ1v) is 5.58. The third kappa shape index (κ3) is 3.24. The maximum Gasteiger partial charge on any atom is 0.129 e. The van der Waals surface area contributed by atoms with Crippen molar-refractivity contribution in [1.29, 1.82) is 0 Å². The Morgan fingerprint density at radius 2 is 2.00 bits per heavy atom. The van der Waals surface area contributed by atoms with Gasteiger partial charge in [0.15, 0.2) is 0 Å². The van der Waals surface area contributed by atoms with Gasteiger partial charge in [-0.05, 0) is 30.9 Å². The molecule has 6 heteroatoms. The molecule has 98 valence electrons. The van der Waals surface area contributed by atoms with E-state index in [0.717, 1.165) is 6.04 Å². The predicted octanol–water partition coefficient (Wildman–Crippen LogP) is 2.36. The van der Waals surface area contributed by atoms with E-state index in [1.807, 2.05) is 12.3 Å². The molecule has 3 atom stereocenters. The van der Waals surface area contributed by atoms with Crippen molar-refractivity contribution in [2.75, 3.05) is 0 Å². The lowest BCUT2D eigenvalue weighted by molar-refractivity contribution is 0.505. The third-order valence-corrected chi connectivity index (χ3v) is 3.70. The van der Waals surface area contributed by atoms with Gasteiger partial charge in [0.2, 0.25) is 0 Å². The molecule has 0 saturated carbocycles. The minimum absolute atomic E-state index is 0. The number of rotatable bonds is 1. The van der Waals surface area contributed by atoms with Crippen LogP contribution < -0.4 is 5.32 Å². The van der Waals surface area contributed by atoms with Crippen LogP contribution in [0.15, 0.2) is 18.3 Å². The molecule has 0 radical (unpaired) electrons. The minimum atomic E-state index is 0. The Kier molecular flexibility index (Phi) is 6.74. The van der Waals surface area contributed by atoms with Crippen LogP contribution >= 0.6 is 36.4 Å². The summed E-state index contributed by atoms with van der Waals surface area (Å²) in [5.41, 5.74) is 1.34. The van der Waals surface area contributed by atoms with E-state index >= 15 is 0 Å². The average molecular weight is 300 g/mol. The van der Waals surface area contributed by atoms with Gasteiger partial charge in [-0.15, -0.1) is 24.8 Å². The summed E-state index contributed by atoms with van der Waals surface area (Å²) in [5.74, 6) is 0.665. The number of aromatic nitrogens is 1. The van der Waals surface area contributed by atoms with Gasteiger partial charge >= 0.3 is 0 Å². The monoisotopic (exact) mass is 298 g/mol. The molecule has 2 saturated heterocycles. The highest BCUT2D eigenvalue weighted by Crippen LogP contribution is 2.39. The van der Waals surface area contributed by atoms with E-state index in [0.29, 0.717) is 17.1 Å². The zero-order chi connectivity index (χ0) is 9.54. The number of pyridine rings is 1. The van der Waals surface area contributed by atoms with E-state index in [1.165, 1.54) is 24.8 Å². The van der Waals surface area contributed by atoms with E-state index in [4.69, 9.17) is 11.6 Å². The Bertz CT molecular complexity index is 347. The van der Waals surface area contributed by atoms with Crippen molar-refractivity contribution >= 4 is 36.4 Å². The van der Waals surface area contributed by atoms with Crippen LogP contribution in [-0.2, 0) is 0 Å². The number of nitrogens with zero attached hydrogens (tertiary/aromatic N) is 1. The molecule has 2 aliphatic heterocycles. The van der Waals surface area contributed by atoms with E-state index in [-0.39, 0.29) is 30.3 Å². The van der Waals surface area contributed by atoms with Crippen molar-refractivity contribution in [1.82, 2.24) is 10.3 Å². The Hall–Kier alpha value is -0.0600. The minimum Gasteiger partial charge on any atom is -0.412 e. The topological polar surface area (TPSA) is 56.4 Å². The predicted molar refractivity (Wildman–Crippen MR) is 74.7 cm³/mol. The summed E-state index contributed by atoms with van der Waals surface area (Å²) < 4.78 is 0. The Balaban J connectivity index is 0.000000853. The van der Waals surface area contributed by atoms with Crippen molar-refractivity contribution < 1.29 is 5.48 Å². The van der Waals surface area contributed by atoms with Crippen LogP contribution in [0.5, 0.6) is 0 Å². The zero-order valence-electron chi connectivity index (χ0n) is 9.23. The van der Waals surface area contributed by atoms with E-state index in [2.05, 4.69) is 16.4 Å². The third-order valence-electron chi connectivity index (χ3n) is 3.48. The van der Waals surface area contributed by atoms with Gasteiger partial charge in [0.05, 0.1) is 0 Å². The summed E-state index contributed by atoms with van der Waals surface area (Å²) in [6, 6.07) is 5.44. The Labute approximate surface area is 118 Å². The SMILES string of the molecule is Cl.Cl.Clc1ccc([C@H]2C[C@@H]3CC[C@H]2N3)cn1.O. The molecule has 2 fully saturated rings. The maximum atomic E-state index is 5.77. The number of nitrogens with one attached hydrogen (secondary N) is 1. The molecule has 1 aromatic heterocycles. The number of fused-ring (bicyclic) bond motifs is 2. The molecule has 0 unspecified atom stereocenters.